The lowest BCUT2D eigenvalue weighted by Gasteiger charge is -2.37. The lowest BCUT2D eigenvalue weighted by atomic mass is 9.86. The first-order chi connectivity index (χ1) is 9.95. The summed E-state index contributed by atoms with van der Waals surface area (Å²) in [5, 5.41) is 0. The summed E-state index contributed by atoms with van der Waals surface area (Å²) in [7, 11) is 0. The Morgan fingerprint density at radius 1 is 1.14 bits per heavy atom. The topological polar surface area (TPSA) is 29.3 Å². The van der Waals surface area contributed by atoms with Gasteiger partial charge in [-0.05, 0) is 48.4 Å². The SMILES string of the molecule is CCC1CCN(C(CN)c2ccc(C(C)(C)C)cc2)CC1. The number of piperidine rings is 1. The van der Waals surface area contributed by atoms with E-state index in [2.05, 4.69) is 56.9 Å². The van der Waals surface area contributed by atoms with Gasteiger partial charge in [-0.1, -0.05) is 58.4 Å². The number of benzene rings is 1. The Labute approximate surface area is 130 Å². The predicted octanol–water partition coefficient (Wildman–Crippen LogP) is 4.11. The molecule has 1 heterocycles. The number of hydrogen-bond acceptors (Lipinski definition) is 2. The van der Waals surface area contributed by atoms with Gasteiger partial charge in [-0.2, -0.15) is 0 Å². The minimum atomic E-state index is 0.218. The van der Waals surface area contributed by atoms with Gasteiger partial charge in [0.2, 0.25) is 0 Å². The summed E-state index contributed by atoms with van der Waals surface area (Å²) in [6.07, 6.45) is 3.97. The van der Waals surface area contributed by atoms with Crippen molar-refractivity contribution in [3.63, 3.8) is 0 Å². The molecule has 0 aromatic heterocycles. The Kier molecular flexibility index (Phi) is 5.45. The van der Waals surface area contributed by atoms with Gasteiger partial charge < -0.3 is 5.73 Å². The van der Waals surface area contributed by atoms with E-state index in [4.69, 9.17) is 5.73 Å². The van der Waals surface area contributed by atoms with Crippen molar-refractivity contribution in [2.75, 3.05) is 19.6 Å². The van der Waals surface area contributed by atoms with Crippen molar-refractivity contribution < 1.29 is 0 Å². The zero-order valence-corrected chi connectivity index (χ0v) is 14.2. The highest BCUT2D eigenvalue weighted by Gasteiger charge is 2.25. The van der Waals surface area contributed by atoms with Crippen molar-refractivity contribution in [3.8, 4) is 0 Å². The Morgan fingerprint density at radius 2 is 1.71 bits per heavy atom. The van der Waals surface area contributed by atoms with Gasteiger partial charge in [-0.25, -0.2) is 0 Å². The first-order valence-electron chi connectivity index (χ1n) is 8.50. The van der Waals surface area contributed by atoms with Crippen LogP contribution < -0.4 is 5.73 Å². The molecule has 1 saturated heterocycles. The average Bonchev–Trinajstić information content (AvgIpc) is 2.48. The molecule has 0 saturated carbocycles. The Hall–Kier alpha value is -0.860. The van der Waals surface area contributed by atoms with Crippen LogP contribution in [0.5, 0.6) is 0 Å². The molecule has 1 aliphatic rings. The number of nitrogens with zero attached hydrogens (tertiary/aromatic N) is 1. The van der Waals surface area contributed by atoms with E-state index >= 15 is 0 Å². The molecule has 2 heteroatoms. The third-order valence-electron chi connectivity index (χ3n) is 5.05. The van der Waals surface area contributed by atoms with E-state index in [1.165, 1.54) is 43.5 Å². The quantitative estimate of drug-likeness (QED) is 0.903. The highest BCUT2D eigenvalue weighted by Crippen LogP contribution is 2.29. The summed E-state index contributed by atoms with van der Waals surface area (Å²) in [5.74, 6) is 0.919. The molecule has 2 rings (SSSR count). The molecule has 1 atom stereocenters. The summed E-state index contributed by atoms with van der Waals surface area (Å²) in [5.41, 5.74) is 9.07. The molecule has 1 fully saturated rings. The molecular formula is C19H32N2. The van der Waals surface area contributed by atoms with Gasteiger partial charge in [0.15, 0.2) is 0 Å². The molecule has 1 aliphatic heterocycles. The standard InChI is InChI=1S/C19H32N2/c1-5-15-10-12-21(13-11-15)18(14-20)16-6-8-17(9-7-16)19(2,3)4/h6-9,15,18H,5,10-14,20H2,1-4H3. The van der Waals surface area contributed by atoms with E-state index in [-0.39, 0.29) is 5.41 Å². The molecule has 118 valence electrons. The van der Waals surface area contributed by atoms with Crippen LogP contribution in [0.25, 0.3) is 0 Å². The summed E-state index contributed by atoms with van der Waals surface area (Å²) in [4.78, 5) is 2.58. The van der Waals surface area contributed by atoms with Crippen molar-refractivity contribution in [2.45, 2.75) is 58.4 Å². The Balaban J connectivity index is 2.07. The van der Waals surface area contributed by atoms with Crippen molar-refractivity contribution >= 4 is 0 Å². The van der Waals surface area contributed by atoms with Crippen LogP contribution in [0.4, 0.5) is 0 Å². The van der Waals surface area contributed by atoms with Gasteiger partial charge in [0.05, 0.1) is 0 Å². The van der Waals surface area contributed by atoms with Crippen LogP contribution in [0.2, 0.25) is 0 Å². The van der Waals surface area contributed by atoms with Gasteiger partial charge in [0, 0.05) is 12.6 Å². The minimum Gasteiger partial charge on any atom is -0.329 e. The number of nitrogens with two attached hydrogens (primary N) is 1. The molecule has 0 aliphatic carbocycles. The molecule has 2 N–H and O–H groups in total. The second-order valence-electron chi connectivity index (χ2n) is 7.51. The van der Waals surface area contributed by atoms with Crippen LogP contribution in [0.1, 0.15) is 64.1 Å². The van der Waals surface area contributed by atoms with Crippen LogP contribution in [-0.2, 0) is 5.41 Å². The van der Waals surface area contributed by atoms with Crippen molar-refractivity contribution in [1.82, 2.24) is 4.90 Å². The molecule has 21 heavy (non-hydrogen) atoms. The van der Waals surface area contributed by atoms with E-state index in [1.807, 2.05) is 0 Å². The van der Waals surface area contributed by atoms with E-state index in [9.17, 15) is 0 Å². The first-order valence-corrected chi connectivity index (χ1v) is 8.50. The Bertz CT molecular complexity index is 422. The van der Waals surface area contributed by atoms with Crippen LogP contribution in [0.3, 0.4) is 0 Å². The maximum atomic E-state index is 6.08. The van der Waals surface area contributed by atoms with Gasteiger partial charge in [0.1, 0.15) is 0 Å². The van der Waals surface area contributed by atoms with E-state index in [1.54, 1.807) is 0 Å². The number of hydrogen-bond donors (Lipinski definition) is 1. The normalized spacial score (nSPS) is 19.7. The van der Waals surface area contributed by atoms with Crippen LogP contribution in [-0.4, -0.2) is 24.5 Å². The molecular weight excluding hydrogens is 256 g/mol. The van der Waals surface area contributed by atoms with Crippen LogP contribution in [0.15, 0.2) is 24.3 Å². The minimum absolute atomic E-state index is 0.218. The summed E-state index contributed by atoms with van der Waals surface area (Å²) < 4.78 is 0. The molecule has 0 radical (unpaired) electrons. The third-order valence-corrected chi connectivity index (χ3v) is 5.05. The highest BCUT2D eigenvalue weighted by molar-refractivity contribution is 5.29. The van der Waals surface area contributed by atoms with Crippen LogP contribution in [0, 0.1) is 5.92 Å². The molecule has 2 nitrogen and oxygen atoms in total. The number of rotatable bonds is 4. The van der Waals surface area contributed by atoms with E-state index in [0.29, 0.717) is 12.6 Å². The van der Waals surface area contributed by atoms with Gasteiger partial charge in [0.25, 0.3) is 0 Å². The average molecular weight is 288 g/mol. The first kappa shape index (κ1) is 16.5. The molecule has 0 spiro atoms. The Morgan fingerprint density at radius 3 is 2.14 bits per heavy atom. The van der Waals surface area contributed by atoms with Crippen molar-refractivity contribution in [1.29, 1.82) is 0 Å². The third kappa shape index (κ3) is 4.08. The molecule has 1 aromatic carbocycles. The molecule has 0 bridgehead atoms. The zero-order chi connectivity index (χ0) is 15.5. The fourth-order valence-corrected chi connectivity index (χ4v) is 3.37. The van der Waals surface area contributed by atoms with Crippen molar-refractivity contribution in [2.24, 2.45) is 11.7 Å². The number of likely N-dealkylation sites (tertiary alicyclic amines) is 1. The largest absolute Gasteiger partial charge is 0.329 e. The monoisotopic (exact) mass is 288 g/mol. The second kappa shape index (κ2) is 6.93. The fraction of sp³-hybridized carbons (Fsp3) is 0.684. The van der Waals surface area contributed by atoms with E-state index in [0.717, 1.165) is 5.92 Å². The smallest absolute Gasteiger partial charge is 0.0470 e. The van der Waals surface area contributed by atoms with Gasteiger partial charge >= 0.3 is 0 Å². The summed E-state index contributed by atoms with van der Waals surface area (Å²) in [6, 6.07) is 9.50. The molecule has 0 amide bonds. The summed E-state index contributed by atoms with van der Waals surface area (Å²) in [6.45, 7) is 12.2. The second-order valence-corrected chi connectivity index (χ2v) is 7.51. The zero-order valence-electron chi connectivity index (χ0n) is 14.2. The van der Waals surface area contributed by atoms with Gasteiger partial charge in [-0.15, -0.1) is 0 Å². The lowest BCUT2D eigenvalue weighted by molar-refractivity contribution is 0.134. The molecule has 1 aromatic rings. The fourth-order valence-electron chi connectivity index (χ4n) is 3.37. The maximum Gasteiger partial charge on any atom is 0.0470 e. The predicted molar refractivity (Wildman–Crippen MR) is 91.5 cm³/mol. The highest BCUT2D eigenvalue weighted by atomic mass is 15.2. The lowest BCUT2D eigenvalue weighted by Crippen LogP contribution is -2.39. The maximum absolute atomic E-state index is 6.08. The van der Waals surface area contributed by atoms with Crippen LogP contribution >= 0.6 is 0 Å². The van der Waals surface area contributed by atoms with Gasteiger partial charge in [-0.3, -0.25) is 4.90 Å². The molecule has 1 unspecified atom stereocenters. The van der Waals surface area contributed by atoms with Crippen molar-refractivity contribution in [3.05, 3.63) is 35.4 Å². The summed E-state index contributed by atoms with van der Waals surface area (Å²) >= 11 is 0. The van der Waals surface area contributed by atoms with E-state index < -0.39 is 0 Å².